The largest absolute Gasteiger partial charge is 0.369 e. The molecular formula is C11H15ClN2O. The topological polar surface area (TPSA) is 69.1 Å². The Bertz CT molecular complexity index is 355. The first-order valence-corrected chi connectivity index (χ1v) is 4.77. The van der Waals surface area contributed by atoms with Crippen LogP contribution < -0.4 is 11.5 Å². The first-order valence-electron chi connectivity index (χ1n) is 4.77. The van der Waals surface area contributed by atoms with E-state index in [0.29, 0.717) is 6.54 Å². The molecule has 1 fully saturated rings. The molecule has 1 unspecified atom stereocenters. The van der Waals surface area contributed by atoms with Gasteiger partial charge in [-0.2, -0.15) is 0 Å². The van der Waals surface area contributed by atoms with Crippen LogP contribution >= 0.6 is 12.4 Å². The highest BCUT2D eigenvalue weighted by Crippen LogP contribution is 2.53. The van der Waals surface area contributed by atoms with Crippen LogP contribution in [-0.4, -0.2) is 12.5 Å². The normalized spacial score (nSPS) is 27.9. The third kappa shape index (κ3) is 1.73. The third-order valence-electron chi connectivity index (χ3n) is 3.12. The average molecular weight is 227 g/mol. The number of halogens is 1. The molecule has 0 saturated heterocycles. The van der Waals surface area contributed by atoms with E-state index in [2.05, 4.69) is 0 Å². The van der Waals surface area contributed by atoms with Gasteiger partial charge in [-0.1, -0.05) is 30.3 Å². The fourth-order valence-corrected chi connectivity index (χ4v) is 2.15. The minimum atomic E-state index is -0.476. The van der Waals surface area contributed by atoms with Crippen LogP contribution in [0.2, 0.25) is 0 Å². The molecule has 0 radical (unpaired) electrons. The summed E-state index contributed by atoms with van der Waals surface area (Å²) in [6, 6.07) is 9.66. The van der Waals surface area contributed by atoms with E-state index in [1.54, 1.807) is 0 Å². The fraction of sp³-hybridized carbons (Fsp3) is 0.364. The summed E-state index contributed by atoms with van der Waals surface area (Å²) < 4.78 is 0. The molecule has 1 aliphatic rings. The van der Waals surface area contributed by atoms with Crippen molar-refractivity contribution in [2.75, 3.05) is 6.54 Å². The van der Waals surface area contributed by atoms with E-state index in [4.69, 9.17) is 11.5 Å². The highest BCUT2D eigenvalue weighted by molar-refractivity contribution is 5.90. The second-order valence-electron chi connectivity index (χ2n) is 3.84. The van der Waals surface area contributed by atoms with Gasteiger partial charge in [0.05, 0.1) is 5.41 Å². The highest BCUT2D eigenvalue weighted by Gasteiger charge is 2.59. The van der Waals surface area contributed by atoms with Gasteiger partial charge in [0.15, 0.2) is 0 Å². The summed E-state index contributed by atoms with van der Waals surface area (Å²) >= 11 is 0. The molecule has 1 amide bonds. The molecule has 1 aromatic carbocycles. The minimum absolute atomic E-state index is 0. The molecular weight excluding hydrogens is 212 g/mol. The summed E-state index contributed by atoms with van der Waals surface area (Å²) in [6.45, 7) is 0.526. The molecule has 15 heavy (non-hydrogen) atoms. The molecule has 1 aromatic rings. The lowest BCUT2D eigenvalue weighted by Crippen LogP contribution is -2.32. The highest BCUT2D eigenvalue weighted by atomic mass is 35.5. The van der Waals surface area contributed by atoms with Gasteiger partial charge in [0.1, 0.15) is 0 Å². The van der Waals surface area contributed by atoms with E-state index < -0.39 is 5.41 Å². The molecule has 82 valence electrons. The second kappa shape index (κ2) is 4.21. The van der Waals surface area contributed by atoms with Crippen molar-refractivity contribution in [3.05, 3.63) is 35.9 Å². The van der Waals surface area contributed by atoms with Gasteiger partial charge >= 0.3 is 0 Å². The Morgan fingerprint density at radius 2 is 2.00 bits per heavy atom. The van der Waals surface area contributed by atoms with Crippen molar-refractivity contribution in [2.45, 2.75) is 11.8 Å². The predicted molar refractivity (Wildman–Crippen MR) is 61.7 cm³/mol. The van der Waals surface area contributed by atoms with Gasteiger partial charge in [-0.3, -0.25) is 4.79 Å². The van der Waals surface area contributed by atoms with Crippen molar-refractivity contribution in [2.24, 2.45) is 17.4 Å². The van der Waals surface area contributed by atoms with E-state index in [-0.39, 0.29) is 24.2 Å². The van der Waals surface area contributed by atoms with Crippen molar-refractivity contribution in [3.8, 4) is 0 Å². The van der Waals surface area contributed by atoms with Gasteiger partial charge < -0.3 is 11.5 Å². The molecule has 3 nitrogen and oxygen atoms in total. The van der Waals surface area contributed by atoms with Crippen molar-refractivity contribution in [1.29, 1.82) is 0 Å². The molecule has 4 heteroatoms. The number of hydrogen-bond donors (Lipinski definition) is 2. The third-order valence-corrected chi connectivity index (χ3v) is 3.12. The van der Waals surface area contributed by atoms with Crippen LogP contribution in [0.3, 0.4) is 0 Å². The Labute approximate surface area is 95.2 Å². The summed E-state index contributed by atoms with van der Waals surface area (Å²) in [5.74, 6) is -0.0263. The summed E-state index contributed by atoms with van der Waals surface area (Å²) in [5, 5.41) is 0. The molecule has 0 spiro atoms. The second-order valence-corrected chi connectivity index (χ2v) is 3.84. The van der Waals surface area contributed by atoms with Crippen LogP contribution in [0.15, 0.2) is 30.3 Å². The Balaban J connectivity index is 0.00000112. The van der Waals surface area contributed by atoms with E-state index in [0.717, 1.165) is 12.0 Å². The smallest absolute Gasteiger partial charge is 0.228 e. The Morgan fingerprint density at radius 1 is 1.40 bits per heavy atom. The van der Waals surface area contributed by atoms with Crippen LogP contribution in [0.4, 0.5) is 0 Å². The van der Waals surface area contributed by atoms with Gasteiger partial charge in [-0.05, 0) is 24.4 Å². The first-order chi connectivity index (χ1) is 6.71. The molecule has 4 N–H and O–H groups in total. The van der Waals surface area contributed by atoms with E-state index in [1.807, 2.05) is 30.3 Å². The number of carbonyl (C=O) groups excluding carboxylic acids is 1. The molecule has 0 heterocycles. The van der Waals surface area contributed by atoms with Gasteiger partial charge in [0, 0.05) is 0 Å². The molecule has 0 aliphatic heterocycles. The van der Waals surface area contributed by atoms with Crippen LogP contribution in [0.5, 0.6) is 0 Å². The van der Waals surface area contributed by atoms with Crippen LogP contribution in [0.1, 0.15) is 12.0 Å². The zero-order chi connectivity index (χ0) is 10.2. The first kappa shape index (κ1) is 12.0. The standard InChI is InChI=1S/C11H14N2O.ClH/c12-7-9-6-11(9,10(13)14)8-4-2-1-3-5-8;/h1-5,9H,6-7,12H2,(H2,13,14);1H/t9?,11-;/m0./s1. The summed E-state index contributed by atoms with van der Waals surface area (Å²) in [4.78, 5) is 11.4. The lowest BCUT2D eigenvalue weighted by molar-refractivity contribution is -0.120. The number of rotatable bonds is 3. The number of nitrogens with two attached hydrogens (primary N) is 2. The number of primary amides is 1. The van der Waals surface area contributed by atoms with Gasteiger partial charge in [-0.25, -0.2) is 0 Å². The molecule has 0 aromatic heterocycles. The van der Waals surface area contributed by atoms with Crippen LogP contribution in [-0.2, 0) is 10.2 Å². The lowest BCUT2D eigenvalue weighted by Gasteiger charge is -2.12. The zero-order valence-corrected chi connectivity index (χ0v) is 9.17. The van der Waals surface area contributed by atoms with Crippen LogP contribution in [0, 0.1) is 5.92 Å². The van der Waals surface area contributed by atoms with E-state index >= 15 is 0 Å². The van der Waals surface area contributed by atoms with E-state index in [1.165, 1.54) is 0 Å². The molecule has 1 saturated carbocycles. The number of benzene rings is 1. The summed E-state index contributed by atoms with van der Waals surface area (Å²) in [5.41, 5.74) is 11.5. The number of hydrogen-bond acceptors (Lipinski definition) is 2. The summed E-state index contributed by atoms with van der Waals surface area (Å²) in [6.07, 6.45) is 0.794. The Kier molecular flexibility index (Phi) is 3.37. The summed E-state index contributed by atoms with van der Waals surface area (Å²) in [7, 11) is 0. The number of amides is 1. The quantitative estimate of drug-likeness (QED) is 0.801. The predicted octanol–water partition coefficient (Wildman–Crippen LogP) is 0.810. The van der Waals surface area contributed by atoms with Crippen molar-refractivity contribution in [1.82, 2.24) is 0 Å². The SMILES string of the molecule is Cl.NCC1C[C@]1(C(N)=O)c1ccccc1. The average Bonchev–Trinajstić information content (AvgIpc) is 2.94. The van der Waals surface area contributed by atoms with Gasteiger partial charge in [0.2, 0.25) is 5.91 Å². The maximum absolute atomic E-state index is 11.4. The zero-order valence-electron chi connectivity index (χ0n) is 8.35. The maximum Gasteiger partial charge on any atom is 0.228 e. The molecule has 1 aliphatic carbocycles. The van der Waals surface area contributed by atoms with Crippen molar-refractivity contribution < 1.29 is 4.79 Å². The molecule has 2 rings (SSSR count). The lowest BCUT2D eigenvalue weighted by atomic mass is 9.92. The molecule has 2 atom stereocenters. The van der Waals surface area contributed by atoms with E-state index in [9.17, 15) is 4.79 Å². The Morgan fingerprint density at radius 3 is 2.40 bits per heavy atom. The molecule has 0 bridgehead atoms. The van der Waals surface area contributed by atoms with Gasteiger partial charge in [0.25, 0.3) is 0 Å². The van der Waals surface area contributed by atoms with Crippen LogP contribution in [0.25, 0.3) is 0 Å². The Hall–Kier alpha value is -1.06. The van der Waals surface area contributed by atoms with Crippen molar-refractivity contribution >= 4 is 18.3 Å². The fourth-order valence-electron chi connectivity index (χ4n) is 2.15. The monoisotopic (exact) mass is 226 g/mol. The maximum atomic E-state index is 11.4. The minimum Gasteiger partial charge on any atom is -0.369 e. The van der Waals surface area contributed by atoms with Gasteiger partial charge in [-0.15, -0.1) is 12.4 Å². The number of carbonyl (C=O) groups is 1. The van der Waals surface area contributed by atoms with Crippen molar-refractivity contribution in [3.63, 3.8) is 0 Å².